The molecule has 5 nitrogen and oxygen atoms in total. The van der Waals surface area contributed by atoms with E-state index in [0.717, 1.165) is 18.5 Å². The maximum absolute atomic E-state index is 12.8. The third-order valence-corrected chi connectivity index (χ3v) is 4.26. The molecule has 0 unspecified atom stereocenters. The number of nitrogens with zero attached hydrogens (tertiary/aromatic N) is 4. The molecule has 0 N–H and O–H groups in total. The van der Waals surface area contributed by atoms with Crippen molar-refractivity contribution in [3.63, 3.8) is 0 Å². The van der Waals surface area contributed by atoms with Crippen molar-refractivity contribution in [2.45, 2.75) is 39.3 Å². The first kappa shape index (κ1) is 14.8. The Labute approximate surface area is 131 Å². The van der Waals surface area contributed by atoms with Gasteiger partial charge in [0, 0.05) is 31.2 Å². The van der Waals surface area contributed by atoms with Crippen LogP contribution >= 0.6 is 0 Å². The number of aromatic nitrogens is 3. The van der Waals surface area contributed by atoms with Gasteiger partial charge in [-0.25, -0.2) is 4.98 Å². The van der Waals surface area contributed by atoms with Crippen LogP contribution in [-0.4, -0.2) is 31.9 Å². The fourth-order valence-electron chi connectivity index (χ4n) is 3.04. The SMILES string of the molecule is CC(C)n1cnc(C(=O)N2C[C@@H](C)C[C@H]2c2cccnc2)c1. The van der Waals surface area contributed by atoms with Crippen molar-refractivity contribution < 1.29 is 4.79 Å². The largest absolute Gasteiger partial charge is 0.334 e. The first-order valence-electron chi connectivity index (χ1n) is 7.80. The lowest BCUT2D eigenvalue weighted by Crippen LogP contribution is -2.31. The van der Waals surface area contributed by atoms with Crippen LogP contribution < -0.4 is 0 Å². The number of hydrogen-bond donors (Lipinski definition) is 0. The smallest absolute Gasteiger partial charge is 0.274 e. The maximum atomic E-state index is 12.8. The maximum Gasteiger partial charge on any atom is 0.274 e. The fourth-order valence-corrected chi connectivity index (χ4v) is 3.04. The van der Waals surface area contributed by atoms with Crippen LogP contribution in [0.15, 0.2) is 37.1 Å². The minimum atomic E-state index is 0.0117. The summed E-state index contributed by atoms with van der Waals surface area (Å²) < 4.78 is 1.96. The monoisotopic (exact) mass is 298 g/mol. The fraction of sp³-hybridized carbons (Fsp3) is 0.471. The van der Waals surface area contributed by atoms with E-state index in [1.54, 1.807) is 12.5 Å². The van der Waals surface area contributed by atoms with Gasteiger partial charge in [0.05, 0.1) is 12.4 Å². The number of carbonyl (C=O) groups excluding carboxylic acids is 1. The van der Waals surface area contributed by atoms with Crippen LogP contribution in [0.3, 0.4) is 0 Å². The van der Waals surface area contributed by atoms with E-state index < -0.39 is 0 Å². The van der Waals surface area contributed by atoms with E-state index in [-0.39, 0.29) is 11.9 Å². The Bertz CT molecular complexity index is 650. The van der Waals surface area contributed by atoms with Gasteiger partial charge in [0.2, 0.25) is 0 Å². The number of rotatable bonds is 3. The molecule has 22 heavy (non-hydrogen) atoms. The lowest BCUT2D eigenvalue weighted by molar-refractivity contribution is 0.0726. The predicted molar refractivity (Wildman–Crippen MR) is 84.4 cm³/mol. The molecule has 2 atom stereocenters. The molecule has 1 fully saturated rings. The molecule has 1 aliphatic rings. The Morgan fingerprint density at radius 3 is 2.86 bits per heavy atom. The van der Waals surface area contributed by atoms with Crippen molar-refractivity contribution in [3.8, 4) is 0 Å². The predicted octanol–water partition coefficient (Wildman–Crippen LogP) is 3.08. The summed E-state index contributed by atoms with van der Waals surface area (Å²) in [6, 6.07) is 4.37. The number of imidazole rings is 1. The summed E-state index contributed by atoms with van der Waals surface area (Å²) >= 11 is 0. The Morgan fingerprint density at radius 2 is 2.23 bits per heavy atom. The van der Waals surface area contributed by atoms with Gasteiger partial charge in [-0.05, 0) is 37.8 Å². The van der Waals surface area contributed by atoms with Crippen molar-refractivity contribution in [2.24, 2.45) is 5.92 Å². The Morgan fingerprint density at radius 1 is 1.41 bits per heavy atom. The molecule has 116 valence electrons. The van der Waals surface area contributed by atoms with Crippen LogP contribution in [0.25, 0.3) is 0 Å². The average Bonchev–Trinajstić information content (AvgIpc) is 3.14. The summed E-state index contributed by atoms with van der Waals surface area (Å²) in [4.78, 5) is 23.3. The molecule has 1 amide bonds. The van der Waals surface area contributed by atoms with Crippen molar-refractivity contribution in [3.05, 3.63) is 48.3 Å². The number of hydrogen-bond acceptors (Lipinski definition) is 3. The van der Waals surface area contributed by atoms with Gasteiger partial charge in [-0.3, -0.25) is 9.78 Å². The van der Waals surface area contributed by atoms with Crippen LogP contribution in [0.1, 0.15) is 55.3 Å². The van der Waals surface area contributed by atoms with Crippen molar-refractivity contribution in [2.75, 3.05) is 6.54 Å². The highest BCUT2D eigenvalue weighted by Gasteiger charge is 2.35. The molecule has 0 spiro atoms. The van der Waals surface area contributed by atoms with E-state index in [2.05, 4.69) is 30.7 Å². The molecule has 0 bridgehead atoms. The topological polar surface area (TPSA) is 51.0 Å². The average molecular weight is 298 g/mol. The Kier molecular flexibility index (Phi) is 3.96. The van der Waals surface area contributed by atoms with Gasteiger partial charge in [0.1, 0.15) is 5.69 Å². The minimum absolute atomic E-state index is 0.0117. The van der Waals surface area contributed by atoms with E-state index in [9.17, 15) is 4.79 Å². The van der Waals surface area contributed by atoms with Gasteiger partial charge in [0.25, 0.3) is 5.91 Å². The second kappa shape index (κ2) is 5.91. The lowest BCUT2D eigenvalue weighted by atomic mass is 10.0. The third kappa shape index (κ3) is 2.75. The molecule has 1 aliphatic heterocycles. The number of likely N-dealkylation sites (tertiary alicyclic amines) is 1. The zero-order chi connectivity index (χ0) is 15.7. The summed E-state index contributed by atoms with van der Waals surface area (Å²) in [5.41, 5.74) is 1.63. The standard InChI is InChI=1S/C17H22N4O/c1-12(2)20-10-15(19-11-20)17(22)21-9-13(3)7-16(21)14-5-4-6-18-8-14/h4-6,8,10-13,16H,7,9H2,1-3H3/t13-,16-/m0/s1. The number of amides is 1. The van der Waals surface area contributed by atoms with Crippen LogP contribution in [0, 0.1) is 5.92 Å². The van der Waals surface area contributed by atoms with Gasteiger partial charge < -0.3 is 9.47 Å². The van der Waals surface area contributed by atoms with E-state index in [1.807, 2.05) is 34.0 Å². The lowest BCUT2D eigenvalue weighted by Gasteiger charge is -2.24. The summed E-state index contributed by atoms with van der Waals surface area (Å²) in [5.74, 6) is 0.499. The van der Waals surface area contributed by atoms with Crippen molar-refractivity contribution in [1.82, 2.24) is 19.4 Å². The van der Waals surface area contributed by atoms with E-state index >= 15 is 0 Å². The number of carbonyl (C=O) groups is 1. The van der Waals surface area contributed by atoms with E-state index in [1.165, 1.54) is 0 Å². The summed E-state index contributed by atoms with van der Waals surface area (Å²) in [6.07, 6.45) is 8.17. The van der Waals surface area contributed by atoms with Crippen molar-refractivity contribution in [1.29, 1.82) is 0 Å². The highest BCUT2D eigenvalue weighted by Crippen LogP contribution is 2.35. The molecule has 3 heterocycles. The molecule has 1 saturated heterocycles. The second-order valence-corrected chi connectivity index (χ2v) is 6.40. The first-order chi connectivity index (χ1) is 10.6. The quantitative estimate of drug-likeness (QED) is 0.875. The molecule has 0 aliphatic carbocycles. The second-order valence-electron chi connectivity index (χ2n) is 6.40. The molecule has 0 saturated carbocycles. The van der Waals surface area contributed by atoms with Gasteiger partial charge in [-0.15, -0.1) is 0 Å². The zero-order valence-electron chi connectivity index (χ0n) is 13.3. The molecule has 2 aromatic heterocycles. The van der Waals surface area contributed by atoms with Crippen LogP contribution in [0.5, 0.6) is 0 Å². The van der Waals surface area contributed by atoms with E-state index in [4.69, 9.17) is 0 Å². The summed E-state index contributed by atoms with van der Waals surface area (Å²) in [6.45, 7) is 7.11. The molecule has 5 heteroatoms. The molecule has 3 rings (SSSR count). The molecule has 2 aromatic rings. The Balaban J connectivity index is 1.86. The van der Waals surface area contributed by atoms with Crippen molar-refractivity contribution >= 4 is 5.91 Å². The highest BCUT2D eigenvalue weighted by molar-refractivity contribution is 5.92. The molecule has 0 aromatic carbocycles. The molecular formula is C17H22N4O. The first-order valence-corrected chi connectivity index (χ1v) is 7.80. The van der Waals surface area contributed by atoms with Crippen LogP contribution in [0.4, 0.5) is 0 Å². The normalized spacial score (nSPS) is 21.5. The van der Waals surface area contributed by atoms with Gasteiger partial charge in [-0.2, -0.15) is 0 Å². The molecular weight excluding hydrogens is 276 g/mol. The third-order valence-electron chi connectivity index (χ3n) is 4.26. The Hall–Kier alpha value is -2.17. The highest BCUT2D eigenvalue weighted by atomic mass is 16.2. The van der Waals surface area contributed by atoms with Gasteiger partial charge in [-0.1, -0.05) is 13.0 Å². The molecule has 0 radical (unpaired) electrons. The van der Waals surface area contributed by atoms with E-state index in [0.29, 0.717) is 17.7 Å². The summed E-state index contributed by atoms with van der Waals surface area (Å²) in [7, 11) is 0. The number of pyridine rings is 1. The minimum Gasteiger partial charge on any atom is -0.334 e. The van der Waals surface area contributed by atoms with Crippen LogP contribution in [0.2, 0.25) is 0 Å². The van der Waals surface area contributed by atoms with Gasteiger partial charge >= 0.3 is 0 Å². The summed E-state index contributed by atoms with van der Waals surface area (Å²) in [5, 5.41) is 0. The van der Waals surface area contributed by atoms with Gasteiger partial charge in [0.15, 0.2) is 0 Å². The van der Waals surface area contributed by atoms with Crippen LogP contribution in [-0.2, 0) is 0 Å². The zero-order valence-corrected chi connectivity index (χ0v) is 13.3.